The van der Waals surface area contributed by atoms with Gasteiger partial charge in [-0.05, 0) is 36.9 Å². The van der Waals surface area contributed by atoms with Crippen LogP contribution in [0.4, 0.5) is 5.69 Å². The van der Waals surface area contributed by atoms with Crippen LogP contribution in [-0.4, -0.2) is 51.6 Å². The highest BCUT2D eigenvalue weighted by Gasteiger charge is 2.26. The number of ketones is 1. The average molecular weight is 370 g/mol. The van der Waals surface area contributed by atoms with Crippen LogP contribution in [-0.2, 0) is 4.79 Å². The molecule has 2 aromatic rings. The van der Waals surface area contributed by atoms with Crippen LogP contribution < -0.4 is 5.32 Å². The van der Waals surface area contributed by atoms with E-state index in [0.29, 0.717) is 5.70 Å². The van der Waals surface area contributed by atoms with E-state index < -0.39 is 5.41 Å². The second kappa shape index (κ2) is 9.46. The number of hydrogen-bond donors (Lipinski definition) is 1. The molecule has 27 heavy (non-hydrogen) atoms. The largest absolute Gasteiger partial charge is 0.384 e. The number of nitrogens with zero attached hydrogens (tertiary/aromatic N) is 4. The van der Waals surface area contributed by atoms with Gasteiger partial charge in [-0.1, -0.05) is 46.8 Å². The molecule has 0 fully saturated rings. The van der Waals surface area contributed by atoms with Gasteiger partial charge in [0.2, 0.25) is 0 Å². The SMILES string of the molecule is CCN(CC)CCNc1cccc(/C=C(/C(=O)C(C)(C)C)n2cncn2)c1. The molecule has 1 N–H and O–H groups in total. The highest BCUT2D eigenvalue weighted by atomic mass is 16.1. The summed E-state index contributed by atoms with van der Waals surface area (Å²) in [6.45, 7) is 14.1. The maximum absolute atomic E-state index is 12.9. The Morgan fingerprint density at radius 2 is 2.00 bits per heavy atom. The lowest BCUT2D eigenvalue weighted by Gasteiger charge is -2.19. The quantitative estimate of drug-likeness (QED) is 0.684. The smallest absolute Gasteiger partial charge is 0.186 e. The molecule has 6 nitrogen and oxygen atoms in total. The van der Waals surface area contributed by atoms with Crippen LogP contribution in [0.1, 0.15) is 40.2 Å². The molecule has 0 aliphatic rings. The van der Waals surface area contributed by atoms with Crippen molar-refractivity contribution < 1.29 is 4.79 Å². The Hall–Kier alpha value is -2.47. The molecule has 146 valence electrons. The van der Waals surface area contributed by atoms with Crippen LogP contribution in [0.2, 0.25) is 0 Å². The third-order valence-electron chi connectivity index (χ3n) is 4.42. The summed E-state index contributed by atoms with van der Waals surface area (Å²) < 4.78 is 1.54. The number of aromatic nitrogens is 3. The number of anilines is 1. The second-order valence-electron chi connectivity index (χ2n) is 7.53. The van der Waals surface area contributed by atoms with Crippen LogP contribution in [0.5, 0.6) is 0 Å². The lowest BCUT2D eigenvalue weighted by atomic mass is 9.88. The van der Waals surface area contributed by atoms with Gasteiger partial charge in [0.1, 0.15) is 18.4 Å². The van der Waals surface area contributed by atoms with Crippen molar-refractivity contribution in [2.45, 2.75) is 34.6 Å². The van der Waals surface area contributed by atoms with Crippen molar-refractivity contribution in [3.05, 3.63) is 42.5 Å². The zero-order chi connectivity index (χ0) is 19.9. The minimum atomic E-state index is -0.503. The number of hydrogen-bond acceptors (Lipinski definition) is 5. The first-order valence-corrected chi connectivity index (χ1v) is 9.53. The topological polar surface area (TPSA) is 63.1 Å². The molecule has 0 unspecified atom stereocenters. The van der Waals surface area contributed by atoms with E-state index >= 15 is 0 Å². The fraction of sp³-hybridized carbons (Fsp3) is 0.476. The van der Waals surface area contributed by atoms with Gasteiger partial charge in [-0.3, -0.25) is 4.79 Å². The summed E-state index contributed by atoms with van der Waals surface area (Å²) in [4.78, 5) is 19.2. The van der Waals surface area contributed by atoms with Crippen molar-refractivity contribution in [3.63, 3.8) is 0 Å². The van der Waals surface area contributed by atoms with Crippen molar-refractivity contribution in [1.29, 1.82) is 0 Å². The standard InChI is InChI=1S/C21H31N5O/c1-6-25(7-2)12-11-23-18-10-8-9-17(13-18)14-19(20(27)21(3,4)5)26-16-22-15-24-26/h8-10,13-16,23H,6-7,11-12H2,1-5H3/b19-14-. The number of allylic oxidation sites excluding steroid dienone is 1. The van der Waals surface area contributed by atoms with Gasteiger partial charge in [0.15, 0.2) is 5.78 Å². The van der Waals surface area contributed by atoms with Gasteiger partial charge in [0.05, 0.1) is 0 Å². The van der Waals surface area contributed by atoms with Gasteiger partial charge in [-0.25, -0.2) is 9.67 Å². The molecule has 0 spiro atoms. The number of likely N-dealkylation sites (N-methyl/N-ethyl adjacent to an activating group) is 1. The Bertz CT molecular complexity index is 755. The summed E-state index contributed by atoms with van der Waals surface area (Å²) in [6.07, 6.45) is 4.87. The Balaban J connectivity index is 2.21. The monoisotopic (exact) mass is 369 g/mol. The van der Waals surface area contributed by atoms with Crippen LogP contribution in [0.15, 0.2) is 36.9 Å². The third kappa shape index (κ3) is 6.03. The predicted octanol–water partition coefficient (Wildman–Crippen LogP) is 3.65. The zero-order valence-electron chi connectivity index (χ0n) is 17.1. The van der Waals surface area contributed by atoms with E-state index in [0.717, 1.165) is 37.4 Å². The number of rotatable bonds is 9. The van der Waals surface area contributed by atoms with E-state index in [1.165, 1.54) is 11.0 Å². The van der Waals surface area contributed by atoms with Crippen molar-refractivity contribution in [2.75, 3.05) is 31.5 Å². The van der Waals surface area contributed by atoms with E-state index in [1.54, 1.807) is 6.33 Å². The molecule has 0 amide bonds. The minimum absolute atomic E-state index is 0.0212. The van der Waals surface area contributed by atoms with Gasteiger partial charge in [0, 0.05) is 24.2 Å². The molecule has 6 heteroatoms. The molecule has 0 saturated heterocycles. The lowest BCUT2D eigenvalue weighted by molar-refractivity contribution is -0.120. The predicted molar refractivity (Wildman–Crippen MR) is 111 cm³/mol. The summed E-state index contributed by atoms with van der Waals surface area (Å²) in [5.74, 6) is 0.0212. The zero-order valence-corrected chi connectivity index (χ0v) is 17.1. The molecule has 1 heterocycles. The van der Waals surface area contributed by atoms with E-state index in [1.807, 2.05) is 45.0 Å². The van der Waals surface area contributed by atoms with E-state index in [-0.39, 0.29) is 5.78 Å². The summed E-state index contributed by atoms with van der Waals surface area (Å²) in [5, 5.41) is 7.61. The average Bonchev–Trinajstić information content (AvgIpc) is 3.17. The molecule has 0 bridgehead atoms. The normalized spacial score (nSPS) is 12.4. The first kappa shape index (κ1) is 20.8. The highest BCUT2D eigenvalue weighted by molar-refractivity contribution is 6.21. The Labute approximate surface area is 162 Å². The molecule has 0 saturated carbocycles. The van der Waals surface area contributed by atoms with E-state index in [4.69, 9.17) is 0 Å². The molecule has 0 aliphatic carbocycles. The molecule has 1 aromatic heterocycles. The van der Waals surface area contributed by atoms with Crippen LogP contribution in [0, 0.1) is 5.41 Å². The van der Waals surface area contributed by atoms with Crippen LogP contribution >= 0.6 is 0 Å². The number of benzene rings is 1. The Morgan fingerprint density at radius 3 is 2.59 bits per heavy atom. The van der Waals surface area contributed by atoms with Gasteiger partial charge < -0.3 is 10.2 Å². The van der Waals surface area contributed by atoms with Crippen LogP contribution in [0.25, 0.3) is 11.8 Å². The fourth-order valence-electron chi connectivity index (χ4n) is 2.75. The van der Waals surface area contributed by atoms with Crippen LogP contribution in [0.3, 0.4) is 0 Å². The number of carbonyl (C=O) groups is 1. The molecular weight excluding hydrogens is 338 g/mol. The van der Waals surface area contributed by atoms with Crippen molar-refractivity contribution in [2.24, 2.45) is 5.41 Å². The number of nitrogens with one attached hydrogen (secondary N) is 1. The molecule has 0 radical (unpaired) electrons. The summed E-state index contributed by atoms with van der Waals surface area (Å²) in [6, 6.07) is 8.07. The maximum Gasteiger partial charge on any atom is 0.186 e. The second-order valence-corrected chi connectivity index (χ2v) is 7.53. The van der Waals surface area contributed by atoms with E-state index in [2.05, 4.69) is 40.2 Å². The molecular formula is C21H31N5O. The first-order valence-electron chi connectivity index (χ1n) is 9.53. The molecule has 1 aromatic carbocycles. The van der Waals surface area contributed by atoms with E-state index in [9.17, 15) is 4.79 Å². The van der Waals surface area contributed by atoms with Gasteiger partial charge >= 0.3 is 0 Å². The number of Topliss-reactive ketones (excluding diaryl/α,β-unsaturated/α-hetero) is 1. The minimum Gasteiger partial charge on any atom is -0.384 e. The third-order valence-corrected chi connectivity index (χ3v) is 4.42. The maximum atomic E-state index is 12.9. The van der Waals surface area contributed by atoms with Crippen molar-refractivity contribution in [3.8, 4) is 0 Å². The summed E-state index contributed by atoms with van der Waals surface area (Å²) in [5.41, 5.74) is 2.00. The summed E-state index contributed by atoms with van der Waals surface area (Å²) in [7, 11) is 0. The Kier molecular flexibility index (Phi) is 7.30. The first-order chi connectivity index (χ1) is 12.8. The summed E-state index contributed by atoms with van der Waals surface area (Å²) >= 11 is 0. The van der Waals surface area contributed by atoms with Crippen molar-refractivity contribution in [1.82, 2.24) is 19.7 Å². The highest BCUT2D eigenvalue weighted by Crippen LogP contribution is 2.24. The number of carbonyl (C=O) groups excluding carboxylic acids is 1. The lowest BCUT2D eigenvalue weighted by Crippen LogP contribution is -2.28. The van der Waals surface area contributed by atoms with Crippen molar-refractivity contribution >= 4 is 23.2 Å². The van der Waals surface area contributed by atoms with Gasteiger partial charge in [-0.15, -0.1) is 0 Å². The van der Waals surface area contributed by atoms with Gasteiger partial charge in [-0.2, -0.15) is 5.10 Å². The van der Waals surface area contributed by atoms with Gasteiger partial charge in [0.25, 0.3) is 0 Å². The molecule has 0 atom stereocenters. The Morgan fingerprint density at radius 1 is 1.26 bits per heavy atom. The molecule has 2 rings (SSSR count). The molecule has 0 aliphatic heterocycles. The fourth-order valence-corrected chi connectivity index (χ4v) is 2.75.